The molecule has 0 N–H and O–H groups in total. The number of hydrogen-bond acceptors (Lipinski definition) is 3. The number of rotatable bonds is 0. The van der Waals surface area contributed by atoms with Crippen LogP contribution in [0, 0.1) is 0 Å². The van der Waals surface area contributed by atoms with E-state index in [0.717, 1.165) is 0 Å². The van der Waals surface area contributed by atoms with Crippen LogP contribution in [0.1, 0.15) is 0 Å². The molecule has 0 saturated heterocycles. The van der Waals surface area contributed by atoms with Crippen LogP contribution in [0.5, 0.6) is 0 Å². The summed E-state index contributed by atoms with van der Waals surface area (Å²) in [5.74, 6) is 0. The Kier molecular flexibility index (Phi) is 25.3. The molecule has 0 atom stereocenters. The molecule has 0 spiro atoms. The fourth-order valence-corrected chi connectivity index (χ4v) is 0. The van der Waals surface area contributed by atoms with E-state index in [0.29, 0.717) is 0 Å². The van der Waals surface area contributed by atoms with Gasteiger partial charge in [0.15, 0.2) is 0 Å². The molecule has 26 valence electrons. The van der Waals surface area contributed by atoms with Crippen LogP contribution in [0.25, 0.3) is 0 Å². The molecule has 0 aliphatic rings. The fraction of sp³-hybridized carbons (Fsp3) is 0. The summed E-state index contributed by atoms with van der Waals surface area (Å²) in [6.07, 6.45) is 0. The van der Waals surface area contributed by atoms with Crippen molar-refractivity contribution in [3.63, 3.8) is 0 Å². The SMILES string of the molecule is O=[PH]([O-])[O-].[Al+3].[Sn+4]. The summed E-state index contributed by atoms with van der Waals surface area (Å²) in [5, 5.41) is 0. The Hall–Kier alpha value is 1.48. The Morgan fingerprint density at radius 1 is 1.33 bits per heavy atom. The zero-order valence-electron chi connectivity index (χ0n) is 2.80. The van der Waals surface area contributed by atoms with Gasteiger partial charge in [-0.15, -0.1) is 0 Å². The Bertz CT molecular complexity index is 33.8. The third-order valence-corrected chi connectivity index (χ3v) is 0. The third kappa shape index (κ3) is 50.2. The van der Waals surface area contributed by atoms with E-state index in [1.165, 1.54) is 0 Å². The minimum absolute atomic E-state index is 0. The standard InChI is InChI=1S/Al.H3O3P.Sn/c;1-4(2)3;/h;4H,(H2,1,2,3);/q+3;;+4/p-2. The van der Waals surface area contributed by atoms with E-state index in [9.17, 15) is 0 Å². The molecule has 6 heteroatoms. The van der Waals surface area contributed by atoms with E-state index in [1.807, 2.05) is 0 Å². The van der Waals surface area contributed by atoms with Gasteiger partial charge in [0, 0.05) is 0 Å². The molecule has 3 nitrogen and oxygen atoms in total. The molecule has 0 unspecified atom stereocenters. The van der Waals surface area contributed by atoms with E-state index >= 15 is 0 Å². The second-order valence-electron chi connectivity index (χ2n) is 0.250. The van der Waals surface area contributed by atoms with Gasteiger partial charge in [0.25, 0.3) is 0 Å². The van der Waals surface area contributed by atoms with E-state index in [1.54, 1.807) is 0 Å². The second kappa shape index (κ2) is 9.70. The summed E-state index contributed by atoms with van der Waals surface area (Å²) in [7, 11) is -3.63. The summed E-state index contributed by atoms with van der Waals surface area (Å²) >= 11 is 0. The Morgan fingerprint density at radius 2 is 1.33 bits per heavy atom. The van der Waals surface area contributed by atoms with Crippen molar-refractivity contribution in [1.82, 2.24) is 0 Å². The van der Waals surface area contributed by atoms with Gasteiger partial charge < -0.3 is 14.4 Å². The van der Waals surface area contributed by atoms with Gasteiger partial charge in [0.05, 0.1) is 0 Å². The van der Waals surface area contributed by atoms with Gasteiger partial charge in [-0.25, -0.2) is 0 Å². The summed E-state index contributed by atoms with van der Waals surface area (Å²) < 4.78 is 8.52. The van der Waals surface area contributed by atoms with E-state index in [-0.39, 0.29) is 41.3 Å². The molecule has 0 rings (SSSR count). The van der Waals surface area contributed by atoms with Crippen LogP contribution in [-0.2, 0) is 4.57 Å². The molecule has 0 bridgehead atoms. The first-order chi connectivity index (χ1) is 1.73. The molecule has 6 heavy (non-hydrogen) atoms. The third-order valence-electron chi connectivity index (χ3n) is 0. The molecule has 0 aliphatic heterocycles. The Balaban J connectivity index is -0.0000000450. The van der Waals surface area contributed by atoms with Gasteiger partial charge in [0.2, 0.25) is 0 Å². The van der Waals surface area contributed by atoms with Crippen molar-refractivity contribution < 1.29 is 14.4 Å². The first-order valence-electron chi connectivity index (χ1n) is 0.612. The van der Waals surface area contributed by atoms with Crippen LogP contribution in [0.4, 0.5) is 0 Å². The van der Waals surface area contributed by atoms with Crippen LogP contribution < -0.4 is 9.79 Å². The fourth-order valence-electron chi connectivity index (χ4n) is 0. The normalized spacial score (nSPS) is 5.83. The molecule has 0 aromatic carbocycles. The smallest absolute Gasteiger partial charge is 0.813 e. The molecule has 0 radical (unpaired) electrons. The van der Waals surface area contributed by atoms with E-state index in [2.05, 4.69) is 0 Å². The van der Waals surface area contributed by atoms with Gasteiger partial charge >= 0.3 is 41.3 Å². The second-order valence-corrected chi connectivity index (χ2v) is 0.750. The van der Waals surface area contributed by atoms with Crippen molar-refractivity contribution in [1.29, 1.82) is 0 Å². The predicted octanol–water partition coefficient (Wildman–Crippen LogP) is -2.66. The van der Waals surface area contributed by atoms with Crippen molar-refractivity contribution >= 4 is 49.5 Å². The summed E-state index contributed by atoms with van der Waals surface area (Å²) in [6.45, 7) is 0. The van der Waals surface area contributed by atoms with E-state index < -0.39 is 8.25 Å². The van der Waals surface area contributed by atoms with Crippen LogP contribution >= 0.6 is 8.25 Å². The zero-order valence-corrected chi connectivity index (χ0v) is 7.81. The maximum absolute atomic E-state index is 8.52. The molecule has 0 fully saturated rings. The average Bonchev–Trinajstić information content (AvgIpc) is 0.811. The molecular formula is HAlO3PSn+5. The Morgan fingerprint density at radius 3 is 1.33 bits per heavy atom. The zero-order chi connectivity index (χ0) is 3.58. The molecule has 0 aromatic rings. The average molecular weight is 226 g/mol. The Labute approximate surface area is 63.8 Å². The molecule has 0 heterocycles. The topological polar surface area (TPSA) is 63.2 Å². The van der Waals surface area contributed by atoms with Crippen molar-refractivity contribution in [3.05, 3.63) is 0 Å². The monoisotopic (exact) mass is 227 g/mol. The van der Waals surface area contributed by atoms with Crippen LogP contribution in [-0.4, -0.2) is 41.3 Å². The maximum atomic E-state index is 8.52. The molecule has 0 amide bonds. The minimum atomic E-state index is -3.63. The van der Waals surface area contributed by atoms with Crippen molar-refractivity contribution in [2.45, 2.75) is 0 Å². The molecule has 0 aliphatic carbocycles. The largest absolute Gasteiger partial charge is 4.00 e. The van der Waals surface area contributed by atoms with Crippen LogP contribution in [0.3, 0.4) is 0 Å². The van der Waals surface area contributed by atoms with Gasteiger partial charge in [-0.05, 0) is 0 Å². The van der Waals surface area contributed by atoms with Gasteiger partial charge in [-0.3, -0.25) is 0 Å². The molecular weight excluding hydrogens is 225 g/mol. The predicted molar refractivity (Wildman–Crippen MR) is 20.5 cm³/mol. The van der Waals surface area contributed by atoms with E-state index in [4.69, 9.17) is 14.4 Å². The minimum Gasteiger partial charge on any atom is -0.813 e. The van der Waals surface area contributed by atoms with Gasteiger partial charge in [0.1, 0.15) is 0 Å². The number of hydrogen-bond donors (Lipinski definition) is 0. The first kappa shape index (κ1) is 15.6. The van der Waals surface area contributed by atoms with Crippen molar-refractivity contribution in [3.8, 4) is 0 Å². The molecule has 0 aromatic heterocycles. The van der Waals surface area contributed by atoms with Crippen LogP contribution in [0.2, 0.25) is 0 Å². The summed E-state index contributed by atoms with van der Waals surface area (Å²) in [5.41, 5.74) is 0. The first-order valence-corrected chi connectivity index (χ1v) is 1.84. The van der Waals surface area contributed by atoms with Crippen molar-refractivity contribution in [2.24, 2.45) is 0 Å². The quantitative estimate of drug-likeness (QED) is 0.334. The van der Waals surface area contributed by atoms with Gasteiger partial charge in [-0.1, -0.05) is 8.25 Å². The summed E-state index contributed by atoms with van der Waals surface area (Å²) in [6, 6.07) is 0. The van der Waals surface area contributed by atoms with Crippen molar-refractivity contribution in [2.75, 3.05) is 0 Å². The van der Waals surface area contributed by atoms with Gasteiger partial charge in [-0.2, -0.15) is 0 Å². The maximum Gasteiger partial charge on any atom is 4.00 e. The summed E-state index contributed by atoms with van der Waals surface area (Å²) in [4.78, 5) is 17.0. The van der Waals surface area contributed by atoms with Crippen LogP contribution in [0.15, 0.2) is 0 Å². The molecule has 0 saturated carbocycles.